The van der Waals surface area contributed by atoms with Crippen molar-refractivity contribution < 1.29 is 17.6 Å². The first kappa shape index (κ1) is 16.6. The SMILES string of the molecule is CS(=O)(=O)c1cn[nH]c1C1CCN(C(=O)Cc2cccc(F)c2)C1. The Morgan fingerprint density at radius 3 is 2.96 bits per heavy atom. The van der Waals surface area contributed by atoms with Gasteiger partial charge >= 0.3 is 0 Å². The summed E-state index contributed by atoms with van der Waals surface area (Å²) in [6.45, 7) is 0.972. The highest BCUT2D eigenvalue weighted by Gasteiger charge is 2.31. The van der Waals surface area contributed by atoms with Gasteiger partial charge in [-0.1, -0.05) is 12.1 Å². The van der Waals surface area contributed by atoms with Crippen molar-refractivity contribution in [2.75, 3.05) is 19.3 Å². The number of aromatic nitrogens is 2. The molecule has 1 amide bonds. The van der Waals surface area contributed by atoms with Crippen LogP contribution < -0.4 is 0 Å². The number of benzene rings is 1. The molecule has 0 bridgehead atoms. The zero-order valence-corrected chi connectivity index (χ0v) is 14.0. The molecule has 128 valence electrons. The molecule has 1 aliphatic heterocycles. The Morgan fingerprint density at radius 1 is 1.46 bits per heavy atom. The number of aromatic amines is 1. The molecule has 1 N–H and O–H groups in total. The van der Waals surface area contributed by atoms with E-state index in [4.69, 9.17) is 0 Å². The Kier molecular flexibility index (Phi) is 4.40. The molecule has 0 saturated carbocycles. The van der Waals surface area contributed by atoms with E-state index in [0.29, 0.717) is 30.8 Å². The Balaban J connectivity index is 1.69. The number of H-pyrrole nitrogens is 1. The first-order chi connectivity index (χ1) is 11.3. The fraction of sp³-hybridized carbons (Fsp3) is 0.375. The second-order valence-electron chi connectivity index (χ2n) is 6.05. The Hall–Kier alpha value is -2.22. The molecule has 0 radical (unpaired) electrons. The molecule has 0 aliphatic carbocycles. The largest absolute Gasteiger partial charge is 0.342 e. The summed E-state index contributed by atoms with van der Waals surface area (Å²) < 4.78 is 36.8. The van der Waals surface area contributed by atoms with Crippen molar-refractivity contribution in [1.29, 1.82) is 0 Å². The topological polar surface area (TPSA) is 83.1 Å². The fourth-order valence-corrected chi connectivity index (χ4v) is 3.88. The van der Waals surface area contributed by atoms with Crippen molar-refractivity contribution in [3.63, 3.8) is 0 Å². The highest BCUT2D eigenvalue weighted by atomic mass is 32.2. The molecule has 1 fully saturated rings. The first-order valence-electron chi connectivity index (χ1n) is 7.60. The number of hydrogen-bond acceptors (Lipinski definition) is 4. The zero-order valence-electron chi connectivity index (χ0n) is 13.2. The van der Waals surface area contributed by atoms with Gasteiger partial charge in [0.15, 0.2) is 9.84 Å². The highest BCUT2D eigenvalue weighted by molar-refractivity contribution is 7.90. The summed E-state index contributed by atoms with van der Waals surface area (Å²) >= 11 is 0. The predicted octanol–water partition coefficient (Wildman–Crippen LogP) is 1.51. The molecule has 1 saturated heterocycles. The Labute approximate surface area is 139 Å². The van der Waals surface area contributed by atoms with E-state index >= 15 is 0 Å². The average molecular weight is 351 g/mol. The van der Waals surface area contributed by atoms with Crippen molar-refractivity contribution in [2.45, 2.75) is 23.7 Å². The van der Waals surface area contributed by atoms with Crippen LogP contribution in [0.2, 0.25) is 0 Å². The molecule has 6 nitrogen and oxygen atoms in total. The lowest BCUT2D eigenvalue weighted by molar-refractivity contribution is -0.129. The number of amides is 1. The molecule has 2 aromatic rings. The van der Waals surface area contributed by atoms with Crippen LogP contribution in [0.1, 0.15) is 23.6 Å². The summed E-state index contributed by atoms with van der Waals surface area (Å²) in [5.74, 6) is -0.549. The van der Waals surface area contributed by atoms with Gasteiger partial charge in [0.05, 0.1) is 18.3 Å². The van der Waals surface area contributed by atoms with Crippen molar-refractivity contribution in [3.8, 4) is 0 Å². The summed E-state index contributed by atoms with van der Waals surface area (Å²) in [5, 5.41) is 6.59. The van der Waals surface area contributed by atoms with E-state index < -0.39 is 9.84 Å². The average Bonchev–Trinajstić information content (AvgIpc) is 3.15. The maximum Gasteiger partial charge on any atom is 0.227 e. The monoisotopic (exact) mass is 351 g/mol. The smallest absolute Gasteiger partial charge is 0.227 e. The van der Waals surface area contributed by atoms with Gasteiger partial charge in [-0.15, -0.1) is 0 Å². The second kappa shape index (κ2) is 6.35. The number of sulfone groups is 1. The lowest BCUT2D eigenvalue weighted by Crippen LogP contribution is -2.30. The van der Waals surface area contributed by atoms with Crippen LogP contribution in [-0.2, 0) is 21.1 Å². The van der Waals surface area contributed by atoms with Gasteiger partial charge in [-0.05, 0) is 24.1 Å². The van der Waals surface area contributed by atoms with Crippen LogP contribution in [0.15, 0.2) is 35.4 Å². The molecule has 0 spiro atoms. The lowest BCUT2D eigenvalue weighted by atomic mass is 10.1. The van der Waals surface area contributed by atoms with E-state index in [0.717, 1.165) is 6.26 Å². The molecule has 1 unspecified atom stereocenters. The third-order valence-electron chi connectivity index (χ3n) is 4.23. The zero-order chi connectivity index (χ0) is 17.3. The summed E-state index contributed by atoms with van der Waals surface area (Å²) in [6.07, 6.45) is 3.25. The van der Waals surface area contributed by atoms with Crippen molar-refractivity contribution in [2.24, 2.45) is 0 Å². The van der Waals surface area contributed by atoms with Gasteiger partial charge in [0, 0.05) is 25.3 Å². The number of likely N-dealkylation sites (tertiary alicyclic amines) is 1. The van der Waals surface area contributed by atoms with Crippen LogP contribution in [0, 0.1) is 5.82 Å². The number of carbonyl (C=O) groups is 1. The van der Waals surface area contributed by atoms with Gasteiger partial charge in [0.2, 0.25) is 5.91 Å². The van der Waals surface area contributed by atoms with E-state index in [-0.39, 0.29) is 29.0 Å². The lowest BCUT2D eigenvalue weighted by Gasteiger charge is -2.16. The van der Waals surface area contributed by atoms with Gasteiger partial charge in [-0.25, -0.2) is 12.8 Å². The standard InChI is InChI=1S/C16H18FN3O3S/c1-24(22,23)14-9-18-19-16(14)12-5-6-20(10-12)15(21)8-11-3-2-4-13(17)7-11/h2-4,7,9,12H,5-6,8,10H2,1H3,(H,18,19). The third kappa shape index (κ3) is 3.48. The second-order valence-corrected chi connectivity index (χ2v) is 8.04. The molecule has 1 atom stereocenters. The molecule has 2 heterocycles. The summed E-state index contributed by atoms with van der Waals surface area (Å²) in [6, 6.07) is 5.98. The minimum atomic E-state index is -3.36. The summed E-state index contributed by atoms with van der Waals surface area (Å²) in [5.41, 5.74) is 1.18. The number of nitrogens with zero attached hydrogens (tertiary/aromatic N) is 2. The summed E-state index contributed by atoms with van der Waals surface area (Å²) in [7, 11) is -3.36. The van der Waals surface area contributed by atoms with Crippen molar-refractivity contribution in [3.05, 3.63) is 47.5 Å². The predicted molar refractivity (Wildman–Crippen MR) is 85.7 cm³/mol. The third-order valence-corrected chi connectivity index (χ3v) is 5.35. The fourth-order valence-electron chi connectivity index (χ4n) is 3.03. The number of hydrogen-bond donors (Lipinski definition) is 1. The molecule has 1 aromatic heterocycles. The van der Waals surface area contributed by atoms with E-state index in [9.17, 15) is 17.6 Å². The maximum atomic E-state index is 13.2. The summed E-state index contributed by atoms with van der Waals surface area (Å²) in [4.78, 5) is 14.3. The van der Waals surface area contributed by atoms with E-state index in [1.807, 2.05) is 0 Å². The molecule has 3 rings (SSSR count). The first-order valence-corrected chi connectivity index (χ1v) is 9.49. The van der Waals surface area contributed by atoms with Gasteiger partial charge in [0.1, 0.15) is 10.7 Å². The molecule has 24 heavy (non-hydrogen) atoms. The minimum Gasteiger partial charge on any atom is -0.342 e. The van der Waals surface area contributed by atoms with E-state index in [1.54, 1.807) is 17.0 Å². The van der Waals surface area contributed by atoms with Gasteiger partial charge in [-0.2, -0.15) is 5.10 Å². The molecule has 1 aromatic carbocycles. The molecule has 1 aliphatic rings. The van der Waals surface area contributed by atoms with Crippen LogP contribution >= 0.6 is 0 Å². The number of halogens is 1. The van der Waals surface area contributed by atoms with E-state index in [2.05, 4.69) is 10.2 Å². The molecular formula is C16H18FN3O3S. The van der Waals surface area contributed by atoms with Crippen LogP contribution in [0.5, 0.6) is 0 Å². The number of carbonyl (C=O) groups excluding carboxylic acids is 1. The van der Waals surface area contributed by atoms with Crippen molar-refractivity contribution >= 4 is 15.7 Å². The van der Waals surface area contributed by atoms with Crippen LogP contribution in [0.3, 0.4) is 0 Å². The van der Waals surface area contributed by atoms with Crippen LogP contribution in [0.4, 0.5) is 4.39 Å². The number of rotatable bonds is 4. The Morgan fingerprint density at radius 2 is 2.25 bits per heavy atom. The van der Waals surface area contributed by atoms with Gasteiger partial charge in [-0.3, -0.25) is 9.89 Å². The van der Waals surface area contributed by atoms with Gasteiger partial charge in [0.25, 0.3) is 0 Å². The molecule has 8 heteroatoms. The molecular weight excluding hydrogens is 333 g/mol. The Bertz CT molecular complexity index is 863. The van der Waals surface area contributed by atoms with Crippen LogP contribution in [-0.4, -0.2) is 48.8 Å². The van der Waals surface area contributed by atoms with Gasteiger partial charge < -0.3 is 4.90 Å². The minimum absolute atomic E-state index is 0.0892. The normalized spacial score (nSPS) is 18.1. The van der Waals surface area contributed by atoms with Crippen LogP contribution in [0.25, 0.3) is 0 Å². The number of nitrogens with one attached hydrogen (secondary N) is 1. The quantitative estimate of drug-likeness (QED) is 0.905. The maximum absolute atomic E-state index is 13.2. The highest BCUT2D eigenvalue weighted by Crippen LogP contribution is 2.30. The van der Waals surface area contributed by atoms with E-state index in [1.165, 1.54) is 18.3 Å². The van der Waals surface area contributed by atoms with Crippen molar-refractivity contribution in [1.82, 2.24) is 15.1 Å².